The van der Waals surface area contributed by atoms with Gasteiger partial charge in [0, 0.05) is 36.1 Å². The summed E-state index contributed by atoms with van der Waals surface area (Å²) in [5.74, 6) is 1.94. The van der Waals surface area contributed by atoms with Gasteiger partial charge >= 0.3 is 0 Å². The van der Waals surface area contributed by atoms with E-state index in [1.165, 1.54) is 44.1 Å². The predicted octanol–water partition coefficient (Wildman–Crippen LogP) is 3.21. The molecule has 0 aliphatic heterocycles. The highest BCUT2D eigenvalue weighted by atomic mass is 16.5. The fourth-order valence-corrected chi connectivity index (χ4v) is 2.49. The highest BCUT2D eigenvalue weighted by molar-refractivity contribution is 5.33. The van der Waals surface area contributed by atoms with E-state index in [0.717, 1.165) is 36.6 Å². The summed E-state index contributed by atoms with van der Waals surface area (Å²) in [6.45, 7) is 3.76. The van der Waals surface area contributed by atoms with E-state index in [1.807, 2.05) is 13.1 Å². The summed E-state index contributed by atoms with van der Waals surface area (Å²) in [5.41, 5.74) is 2.24. The maximum atomic E-state index is 6.00. The summed E-state index contributed by atoms with van der Waals surface area (Å²) in [4.78, 5) is 4.39. The molecule has 0 radical (unpaired) electrons. The van der Waals surface area contributed by atoms with Gasteiger partial charge in [-0.2, -0.15) is 0 Å². The first-order chi connectivity index (χ1) is 9.31. The van der Waals surface area contributed by atoms with Crippen LogP contribution in [0.4, 0.5) is 0 Å². The van der Waals surface area contributed by atoms with Crippen molar-refractivity contribution in [3.05, 3.63) is 23.5 Å². The first-order valence-corrected chi connectivity index (χ1v) is 7.63. The smallest absolute Gasteiger partial charge is 0.127 e. The molecular weight excluding hydrogens is 236 g/mol. The summed E-state index contributed by atoms with van der Waals surface area (Å²) in [5, 5.41) is 3.53. The molecule has 2 aliphatic rings. The molecule has 3 rings (SSSR count). The van der Waals surface area contributed by atoms with Crippen LogP contribution < -0.4 is 10.1 Å². The Labute approximate surface area is 115 Å². The van der Waals surface area contributed by atoms with Crippen LogP contribution in [-0.4, -0.2) is 17.6 Å². The van der Waals surface area contributed by atoms with Gasteiger partial charge < -0.3 is 10.1 Å². The van der Waals surface area contributed by atoms with Gasteiger partial charge in [0.05, 0.1) is 6.61 Å². The van der Waals surface area contributed by atoms with E-state index in [-0.39, 0.29) is 0 Å². The van der Waals surface area contributed by atoms with Gasteiger partial charge in [-0.15, -0.1) is 0 Å². The zero-order valence-electron chi connectivity index (χ0n) is 11.8. The minimum Gasteiger partial charge on any atom is -0.493 e. The molecule has 1 heterocycles. The molecule has 3 heteroatoms. The minimum atomic E-state index is 0.726. The van der Waals surface area contributed by atoms with Crippen molar-refractivity contribution in [3.8, 4) is 5.75 Å². The van der Waals surface area contributed by atoms with Crippen molar-refractivity contribution in [2.24, 2.45) is 5.92 Å². The number of hydrogen-bond acceptors (Lipinski definition) is 3. The Morgan fingerprint density at radius 2 is 2.16 bits per heavy atom. The van der Waals surface area contributed by atoms with Crippen LogP contribution in [0.25, 0.3) is 0 Å². The van der Waals surface area contributed by atoms with Gasteiger partial charge in [-0.25, -0.2) is 0 Å². The number of nitrogens with one attached hydrogen (secondary N) is 1. The third-order valence-electron chi connectivity index (χ3n) is 4.25. The van der Waals surface area contributed by atoms with Gasteiger partial charge in [0.25, 0.3) is 0 Å². The first-order valence-electron chi connectivity index (χ1n) is 7.63. The number of aromatic nitrogens is 1. The second kappa shape index (κ2) is 5.91. The Morgan fingerprint density at radius 3 is 2.84 bits per heavy atom. The molecule has 0 atom stereocenters. The molecule has 1 aromatic heterocycles. The number of nitrogens with zero attached hydrogens (tertiary/aromatic N) is 1. The quantitative estimate of drug-likeness (QED) is 0.817. The summed E-state index contributed by atoms with van der Waals surface area (Å²) in [7, 11) is 0. The molecule has 0 unspecified atom stereocenters. The van der Waals surface area contributed by atoms with E-state index in [4.69, 9.17) is 4.74 Å². The monoisotopic (exact) mass is 260 g/mol. The van der Waals surface area contributed by atoms with E-state index in [2.05, 4.69) is 16.4 Å². The van der Waals surface area contributed by atoms with E-state index >= 15 is 0 Å². The molecule has 1 aromatic rings. The van der Waals surface area contributed by atoms with Crippen molar-refractivity contribution < 1.29 is 4.74 Å². The van der Waals surface area contributed by atoms with Crippen LogP contribution in [0.1, 0.15) is 49.8 Å². The van der Waals surface area contributed by atoms with Crippen molar-refractivity contribution in [2.75, 3.05) is 6.61 Å². The zero-order valence-corrected chi connectivity index (χ0v) is 11.8. The van der Waals surface area contributed by atoms with Crippen LogP contribution in [0.5, 0.6) is 5.75 Å². The third kappa shape index (κ3) is 3.69. The van der Waals surface area contributed by atoms with E-state index in [0.29, 0.717) is 0 Å². The fourth-order valence-electron chi connectivity index (χ4n) is 2.49. The second-order valence-corrected chi connectivity index (χ2v) is 6.02. The van der Waals surface area contributed by atoms with Gasteiger partial charge in [-0.1, -0.05) is 19.3 Å². The Kier molecular flexibility index (Phi) is 4.02. The van der Waals surface area contributed by atoms with Crippen LogP contribution in [0.2, 0.25) is 0 Å². The van der Waals surface area contributed by atoms with E-state index < -0.39 is 0 Å². The van der Waals surface area contributed by atoms with Crippen molar-refractivity contribution in [1.82, 2.24) is 10.3 Å². The Bertz CT molecular complexity index is 425. The van der Waals surface area contributed by atoms with Gasteiger partial charge in [-0.3, -0.25) is 4.98 Å². The molecule has 3 nitrogen and oxygen atoms in total. The van der Waals surface area contributed by atoms with Gasteiger partial charge in [-0.05, 0) is 32.1 Å². The summed E-state index contributed by atoms with van der Waals surface area (Å²) in [6, 6.07) is 2.80. The first kappa shape index (κ1) is 12.9. The van der Waals surface area contributed by atoms with Crippen LogP contribution in [0.3, 0.4) is 0 Å². The molecule has 0 bridgehead atoms. The average Bonchev–Trinajstić information content (AvgIpc) is 3.15. The lowest BCUT2D eigenvalue weighted by molar-refractivity contribution is 0.220. The lowest BCUT2D eigenvalue weighted by Gasteiger charge is -2.25. The van der Waals surface area contributed by atoms with E-state index in [1.54, 1.807) is 0 Å². The average molecular weight is 260 g/mol. The molecule has 0 spiro atoms. The van der Waals surface area contributed by atoms with Crippen LogP contribution in [-0.2, 0) is 6.54 Å². The van der Waals surface area contributed by atoms with Gasteiger partial charge in [0.2, 0.25) is 0 Å². The number of rotatable bonds is 7. The summed E-state index contributed by atoms with van der Waals surface area (Å²) in [6.07, 6.45) is 10.0. The van der Waals surface area contributed by atoms with Crippen LogP contribution >= 0.6 is 0 Å². The largest absolute Gasteiger partial charge is 0.493 e. The van der Waals surface area contributed by atoms with Crippen LogP contribution in [0, 0.1) is 12.8 Å². The number of ether oxygens (including phenoxy) is 1. The number of pyridine rings is 1. The highest BCUT2D eigenvalue weighted by Crippen LogP contribution is 2.30. The van der Waals surface area contributed by atoms with Gasteiger partial charge in [0.1, 0.15) is 5.75 Å². The molecule has 0 aromatic carbocycles. The summed E-state index contributed by atoms with van der Waals surface area (Å²) >= 11 is 0. The third-order valence-corrected chi connectivity index (χ3v) is 4.25. The molecule has 2 saturated carbocycles. The van der Waals surface area contributed by atoms with Crippen molar-refractivity contribution in [1.29, 1.82) is 0 Å². The van der Waals surface area contributed by atoms with Crippen molar-refractivity contribution in [3.63, 3.8) is 0 Å². The zero-order chi connectivity index (χ0) is 13.1. The second-order valence-electron chi connectivity index (χ2n) is 6.02. The molecule has 0 saturated heterocycles. The van der Waals surface area contributed by atoms with Gasteiger partial charge in [0.15, 0.2) is 0 Å². The lowest BCUT2D eigenvalue weighted by atomic mass is 9.83. The lowest BCUT2D eigenvalue weighted by Crippen LogP contribution is -2.18. The predicted molar refractivity (Wildman–Crippen MR) is 76.3 cm³/mol. The number of hydrogen-bond donors (Lipinski definition) is 1. The Balaban J connectivity index is 1.54. The summed E-state index contributed by atoms with van der Waals surface area (Å²) < 4.78 is 6.00. The highest BCUT2D eigenvalue weighted by Gasteiger charge is 2.21. The fraction of sp³-hybridized carbons (Fsp3) is 0.688. The molecule has 2 fully saturated rings. The number of aryl methyl sites for hydroxylation is 1. The maximum Gasteiger partial charge on any atom is 0.127 e. The molecule has 0 amide bonds. The minimum absolute atomic E-state index is 0.726. The molecule has 19 heavy (non-hydrogen) atoms. The van der Waals surface area contributed by atoms with E-state index in [9.17, 15) is 0 Å². The standard InChI is InChI=1S/C16H24N2O/c1-12-9-16(19-8-7-13-3-2-4-13)14(10-17-12)11-18-15-5-6-15/h9-10,13,15,18H,2-8,11H2,1H3. The topological polar surface area (TPSA) is 34.1 Å². The molecule has 2 aliphatic carbocycles. The Hall–Kier alpha value is -1.09. The molecule has 104 valence electrons. The molecular formula is C16H24N2O. The maximum absolute atomic E-state index is 6.00. The van der Waals surface area contributed by atoms with Crippen LogP contribution in [0.15, 0.2) is 12.3 Å². The normalized spacial score (nSPS) is 19.2. The molecule has 1 N–H and O–H groups in total. The van der Waals surface area contributed by atoms with Crippen molar-refractivity contribution >= 4 is 0 Å². The Morgan fingerprint density at radius 1 is 1.32 bits per heavy atom. The SMILES string of the molecule is Cc1cc(OCCC2CCC2)c(CNC2CC2)cn1. The van der Waals surface area contributed by atoms with Crippen molar-refractivity contribution in [2.45, 2.75) is 58.0 Å².